The molecule has 0 radical (unpaired) electrons. The van der Waals surface area contributed by atoms with Gasteiger partial charge in [0.1, 0.15) is 0 Å². The fraction of sp³-hybridized carbons (Fsp3) is 0.154. The summed E-state index contributed by atoms with van der Waals surface area (Å²) in [7, 11) is 0. The minimum Gasteiger partial charge on any atom is -0.478 e. The van der Waals surface area contributed by atoms with Gasteiger partial charge in [0, 0.05) is 25.2 Å². The Kier molecular flexibility index (Phi) is 10.7. The molecule has 0 aliphatic heterocycles. The van der Waals surface area contributed by atoms with Crippen molar-refractivity contribution in [1.29, 1.82) is 0 Å². The van der Waals surface area contributed by atoms with Crippen molar-refractivity contribution < 1.29 is 19.8 Å². The molecule has 1 aromatic rings. The molecule has 1 rings (SSSR count). The van der Waals surface area contributed by atoms with E-state index >= 15 is 0 Å². The second-order valence-corrected chi connectivity index (χ2v) is 5.00. The molecule has 0 unspecified atom stereocenters. The number of benzene rings is 1. The van der Waals surface area contributed by atoms with Gasteiger partial charge in [0.15, 0.2) is 5.11 Å². The summed E-state index contributed by atoms with van der Waals surface area (Å²) in [4.78, 5) is 19.1. The number of hydrogen-bond donors (Lipinski definition) is 5. The summed E-state index contributed by atoms with van der Waals surface area (Å²) >= 11 is 16.9. The first kappa shape index (κ1) is 21.1. The number of thiocarbonyl (C=S) groups is 1. The second kappa shape index (κ2) is 11.7. The van der Waals surface area contributed by atoms with E-state index in [1.807, 2.05) is 0 Å². The van der Waals surface area contributed by atoms with E-state index in [9.17, 15) is 9.59 Å². The third kappa shape index (κ3) is 10.5. The van der Waals surface area contributed by atoms with Crippen LogP contribution < -0.4 is 16.4 Å². The van der Waals surface area contributed by atoms with Gasteiger partial charge in [-0.3, -0.25) is 0 Å². The fourth-order valence-electron chi connectivity index (χ4n) is 1.10. The summed E-state index contributed by atoms with van der Waals surface area (Å²) in [6.07, 6.45) is 1.12. The van der Waals surface area contributed by atoms with E-state index in [4.69, 9.17) is 51.4 Å². The lowest BCUT2D eigenvalue weighted by atomic mass is 10.3. The number of anilines is 1. The quantitative estimate of drug-likeness (QED) is 0.388. The molecule has 0 heterocycles. The van der Waals surface area contributed by atoms with E-state index in [0.29, 0.717) is 46.1 Å². The lowest BCUT2D eigenvalue weighted by Crippen LogP contribution is -2.32. The Morgan fingerprint density at radius 1 is 1.17 bits per heavy atom. The smallest absolute Gasteiger partial charge is 0.328 e. The molecule has 0 saturated carbocycles. The van der Waals surface area contributed by atoms with Gasteiger partial charge in [0.2, 0.25) is 0 Å². The number of aliphatic carboxylic acids is 2. The van der Waals surface area contributed by atoms with Crippen molar-refractivity contribution in [2.75, 3.05) is 18.4 Å². The van der Waals surface area contributed by atoms with Gasteiger partial charge < -0.3 is 26.6 Å². The Morgan fingerprint density at radius 2 is 1.65 bits per heavy atom. The van der Waals surface area contributed by atoms with Gasteiger partial charge in [-0.05, 0) is 24.4 Å². The van der Waals surface area contributed by atoms with Crippen LogP contribution in [0.5, 0.6) is 0 Å². The number of para-hydroxylation sites is 1. The molecular weight excluding hydrogens is 365 g/mol. The molecule has 10 heteroatoms. The van der Waals surface area contributed by atoms with Crippen molar-refractivity contribution in [1.82, 2.24) is 5.32 Å². The maximum atomic E-state index is 9.55. The van der Waals surface area contributed by atoms with Crippen LogP contribution in [0, 0.1) is 0 Å². The number of nitrogens with two attached hydrogens (primary N) is 1. The summed E-state index contributed by atoms with van der Waals surface area (Å²) in [5, 5.41) is 23.0. The fourth-order valence-corrected chi connectivity index (χ4v) is 1.80. The third-order valence-electron chi connectivity index (χ3n) is 2.00. The highest BCUT2D eigenvalue weighted by Gasteiger charge is 2.06. The molecule has 1 aromatic carbocycles. The molecule has 0 saturated heterocycles. The lowest BCUT2D eigenvalue weighted by Gasteiger charge is -2.12. The normalized spacial score (nSPS) is 9.70. The molecule has 0 bridgehead atoms. The highest BCUT2D eigenvalue weighted by molar-refractivity contribution is 7.80. The van der Waals surface area contributed by atoms with Gasteiger partial charge in [0.05, 0.1) is 15.7 Å². The van der Waals surface area contributed by atoms with Gasteiger partial charge in [0.25, 0.3) is 0 Å². The Labute approximate surface area is 148 Å². The van der Waals surface area contributed by atoms with Crippen molar-refractivity contribution >= 4 is 58.2 Å². The summed E-state index contributed by atoms with van der Waals surface area (Å²) in [6, 6.07) is 5.24. The summed E-state index contributed by atoms with van der Waals surface area (Å²) in [5.41, 5.74) is 5.93. The van der Waals surface area contributed by atoms with E-state index in [1.165, 1.54) is 0 Å². The predicted octanol–water partition coefficient (Wildman–Crippen LogP) is 1.95. The topological polar surface area (TPSA) is 125 Å². The van der Waals surface area contributed by atoms with Crippen LogP contribution in [0.25, 0.3) is 0 Å². The van der Waals surface area contributed by atoms with Crippen LogP contribution in [-0.4, -0.2) is 40.4 Å². The predicted molar refractivity (Wildman–Crippen MR) is 94.2 cm³/mol. The highest BCUT2D eigenvalue weighted by Crippen LogP contribution is 2.29. The zero-order valence-corrected chi connectivity index (χ0v) is 14.1. The first-order valence-corrected chi connectivity index (χ1v) is 7.27. The average Bonchev–Trinajstić information content (AvgIpc) is 2.47. The number of carbonyl (C=O) groups is 2. The van der Waals surface area contributed by atoms with E-state index < -0.39 is 11.9 Å². The Balaban J connectivity index is 0.000000515. The number of halogens is 2. The molecule has 126 valence electrons. The molecular formula is C13H15Cl2N3O4S. The molecule has 0 aromatic heterocycles. The molecule has 0 amide bonds. The van der Waals surface area contributed by atoms with Gasteiger partial charge in [-0.2, -0.15) is 0 Å². The van der Waals surface area contributed by atoms with Gasteiger partial charge in [-0.15, -0.1) is 0 Å². The van der Waals surface area contributed by atoms with Crippen LogP contribution >= 0.6 is 35.4 Å². The number of rotatable bonds is 5. The molecule has 0 spiro atoms. The second-order valence-electron chi connectivity index (χ2n) is 3.78. The SMILES string of the molecule is NCCNC(=S)Nc1c(Cl)cccc1Cl.O=C(O)/C=C\C(=O)O. The summed E-state index contributed by atoms with van der Waals surface area (Å²) in [5.74, 6) is -2.51. The van der Waals surface area contributed by atoms with Crippen molar-refractivity contribution in [3.05, 3.63) is 40.4 Å². The molecule has 6 N–H and O–H groups in total. The molecule has 0 atom stereocenters. The van der Waals surface area contributed by atoms with Crippen molar-refractivity contribution in [2.45, 2.75) is 0 Å². The van der Waals surface area contributed by atoms with Crippen molar-refractivity contribution in [3.8, 4) is 0 Å². The van der Waals surface area contributed by atoms with Crippen LogP contribution in [0.15, 0.2) is 30.4 Å². The first-order chi connectivity index (χ1) is 10.8. The number of nitrogens with one attached hydrogen (secondary N) is 2. The maximum Gasteiger partial charge on any atom is 0.328 e. The lowest BCUT2D eigenvalue weighted by molar-refractivity contribution is -0.134. The van der Waals surface area contributed by atoms with Crippen LogP contribution in [-0.2, 0) is 9.59 Å². The molecule has 0 aliphatic rings. The highest BCUT2D eigenvalue weighted by atomic mass is 35.5. The largest absolute Gasteiger partial charge is 0.478 e. The van der Waals surface area contributed by atoms with Crippen LogP contribution in [0.1, 0.15) is 0 Å². The number of hydrogen-bond acceptors (Lipinski definition) is 4. The van der Waals surface area contributed by atoms with E-state index in [1.54, 1.807) is 18.2 Å². The summed E-state index contributed by atoms with van der Waals surface area (Å²) in [6.45, 7) is 1.12. The Bertz CT molecular complexity index is 560. The van der Waals surface area contributed by atoms with Gasteiger partial charge >= 0.3 is 11.9 Å². The standard InChI is InChI=1S/C9H11Cl2N3S.C4H4O4/c10-6-2-1-3-7(11)8(6)14-9(15)13-5-4-12;5-3(6)1-2-4(7)8/h1-3H,4-5,12H2,(H2,13,14,15);1-2H,(H,5,6)(H,7,8)/b;2-1-. The van der Waals surface area contributed by atoms with Crippen molar-refractivity contribution in [2.24, 2.45) is 5.73 Å². The minimum absolute atomic E-state index is 0.454. The zero-order chi connectivity index (χ0) is 17.8. The first-order valence-electron chi connectivity index (χ1n) is 6.10. The Hall–Kier alpha value is -1.87. The van der Waals surface area contributed by atoms with Crippen molar-refractivity contribution in [3.63, 3.8) is 0 Å². The molecule has 0 fully saturated rings. The van der Waals surface area contributed by atoms with Gasteiger partial charge in [-0.1, -0.05) is 29.3 Å². The Morgan fingerprint density at radius 3 is 2.04 bits per heavy atom. The monoisotopic (exact) mass is 379 g/mol. The van der Waals surface area contributed by atoms with E-state index in [2.05, 4.69) is 10.6 Å². The maximum absolute atomic E-state index is 9.55. The van der Waals surface area contributed by atoms with E-state index in [-0.39, 0.29) is 0 Å². The molecule has 23 heavy (non-hydrogen) atoms. The minimum atomic E-state index is -1.26. The third-order valence-corrected chi connectivity index (χ3v) is 2.88. The average molecular weight is 380 g/mol. The van der Waals surface area contributed by atoms with Crippen LogP contribution in [0.3, 0.4) is 0 Å². The van der Waals surface area contributed by atoms with Crippen LogP contribution in [0.4, 0.5) is 5.69 Å². The number of carboxylic acid groups (broad SMARTS) is 2. The number of carboxylic acids is 2. The summed E-state index contributed by atoms with van der Waals surface area (Å²) < 4.78 is 0. The zero-order valence-electron chi connectivity index (χ0n) is 11.8. The van der Waals surface area contributed by atoms with Gasteiger partial charge in [-0.25, -0.2) is 9.59 Å². The van der Waals surface area contributed by atoms with E-state index in [0.717, 1.165) is 0 Å². The molecule has 7 nitrogen and oxygen atoms in total. The molecule has 0 aliphatic carbocycles. The van der Waals surface area contributed by atoms with Crippen LogP contribution in [0.2, 0.25) is 10.0 Å².